The van der Waals surface area contributed by atoms with Crippen molar-refractivity contribution in [1.29, 1.82) is 0 Å². The second-order valence-electron chi connectivity index (χ2n) is 4.88. The maximum Gasteiger partial charge on any atom is 0.244 e. The third-order valence-corrected chi connectivity index (χ3v) is 3.53. The van der Waals surface area contributed by atoms with Crippen LogP contribution in [0.25, 0.3) is 11.0 Å². The van der Waals surface area contributed by atoms with Gasteiger partial charge >= 0.3 is 0 Å². The van der Waals surface area contributed by atoms with Gasteiger partial charge in [-0.25, -0.2) is 4.68 Å². The number of para-hydroxylation sites is 1. The van der Waals surface area contributed by atoms with E-state index in [9.17, 15) is 4.79 Å². The summed E-state index contributed by atoms with van der Waals surface area (Å²) in [4.78, 5) is 14.2. The number of aromatic nitrogens is 3. The van der Waals surface area contributed by atoms with Gasteiger partial charge in [0.05, 0.1) is 5.52 Å². The molecule has 0 radical (unpaired) electrons. The number of carbonyl (C=O) groups excluding carboxylic acids is 1. The van der Waals surface area contributed by atoms with Gasteiger partial charge in [-0.1, -0.05) is 17.3 Å². The van der Waals surface area contributed by atoms with E-state index in [1.165, 1.54) is 0 Å². The van der Waals surface area contributed by atoms with E-state index in [4.69, 9.17) is 0 Å². The second kappa shape index (κ2) is 4.97. The van der Waals surface area contributed by atoms with Gasteiger partial charge in [-0.2, -0.15) is 0 Å². The molecule has 1 aliphatic rings. The van der Waals surface area contributed by atoms with Crippen LogP contribution in [0.3, 0.4) is 0 Å². The normalized spacial score (nSPS) is 19.8. The maximum atomic E-state index is 12.3. The van der Waals surface area contributed by atoms with Crippen LogP contribution in [-0.2, 0) is 11.3 Å². The van der Waals surface area contributed by atoms with Crippen LogP contribution < -0.4 is 5.32 Å². The van der Waals surface area contributed by atoms with Crippen molar-refractivity contribution in [1.82, 2.24) is 25.2 Å². The summed E-state index contributed by atoms with van der Waals surface area (Å²) in [7, 11) is 0. The summed E-state index contributed by atoms with van der Waals surface area (Å²) in [6.07, 6.45) is 0. The van der Waals surface area contributed by atoms with E-state index in [1.54, 1.807) is 4.68 Å². The van der Waals surface area contributed by atoms with Crippen LogP contribution >= 0.6 is 0 Å². The van der Waals surface area contributed by atoms with Gasteiger partial charge in [0.2, 0.25) is 5.91 Å². The number of nitrogens with zero attached hydrogens (tertiary/aromatic N) is 4. The molecule has 1 aliphatic heterocycles. The van der Waals surface area contributed by atoms with Crippen molar-refractivity contribution in [3.63, 3.8) is 0 Å². The van der Waals surface area contributed by atoms with Crippen LogP contribution in [0.1, 0.15) is 6.92 Å². The first-order valence-corrected chi connectivity index (χ1v) is 6.54. The lowest BCUT2D eigenvalue weighted by Crippen LogP contribution is -2.53. The average molecular weight is 259 g/mol. The molecule has 0 aliphatic carbocycles. The Kier molecular flexibility index (Phi) is 3.16. The van der Waals surface area contributed by atoms with Gasteiger partial charge < -0.3 is 10.2 Å². The quantitative estimate of drug-likeness (QED) is 0.840. The molecule has 3 rings (SSSR count). The fourth-order valence-corrected chi connectivity index (χ4v) is 2.46. The highest BCUT2D eigenvalue weighted by atomic mass is 16.2. The SMILES string of the molecule is C[C@@H]1CNCCN1C(=O)Cn1nnc2ccccc21. The molecule has 1 atom stereocenters. The van der Waals surface area contributed by atoms with Crippen molar-refractivity contribution >= 4 is 16.9 Å². The van der Waals surface area contributed by atoms with E-state index in [1.807, 2.05) is 29.2 Å². The highest BCUT2D eigenvalue weighted by molar-refractivity contribution is 5.80. The first kappa shape index (κ1) is 12.1. The van der Waals surface area contributed by atoms with Gasteiger partial charge in [-0.05, 0) is 19.1 Å². The van der Waals surface area contributed by atoms with Gasteiger partial charge in [0.15, 0.2) is 0 Å². The van der Waals surface area contributed by atoms with Gasteiger partial charge in [-0.15, -0.1) is 5.10 Å². The fraction of sp³-hybridized carbons (Fsp3) is 0.462. The number of carbonyl (C=O) groups is 1. The summed E-state index contributed by atoms with van der Waals surface area (Å²) < 4.78 is 1.67. The Morgan fingerprint density at radius 1 is 1.47 bits per heavy atom. The van der Waals surface area contributed by atoms with Crippen molar-refractivity contribution in [2.24, 2.45) is 0 Å². The van der Waals surface area contributed by atoms with E-state index in [0.29, 0.717) is 0 Å². The second-order valence-corrected chi connectivity index (χ2v) is 4.88. The molecular formula is C13H17N5O. The Labute approximate surface area is 111 Å². The third kappa shape index (κ3) is 2.31. The molecule has 1 saturated heterocycles. The Balaban J connectivity index is 1.79. The molecule has 2 heterocycles. The van der Waals surface area contributed by atoms with E-state index in [0.717, 1.165) is 30.7 Å². The summed E-state index contributed by atoms with van der Waals surface area (Å²) in [6, 6.07) is 7.92. The number of benzene rings is 1. The lowest BCUT2D eigenvalue weighted by molar-refractivity contribution is -0.134. The predicted molar refractivity (Wildman–Crippen MR) is 71.6 cm³/mol. The molecule has 1 fully saturated rings. The first-order chi connectivity index (χ1) is 9.25. The Morgan fingerprint density at radius 3 is 3.16 bits per heavy atom. The van der Waals surface area contributed by atoms with Gasteiger partial charge in [0, 0.05) is 25.7 Å². The zero-order chi connectivity index (χ0) is 13.2. The van der Waals surface area contributed by atoms with Crippen molar-refractivity contribution in [3.8, 4) is 0 Å². The van der Waals surface area contributed by atoms with Crippen molar-refractivity contribution in [3.05, 3.63) is 24.3 Å². The summed E-state index contributed by atoms with van der Waals surface area (Å²) in [6.45, 7) is 4.78. The van der Waals surface area contributed by atoms with Crippen LogP contribution in [0.4, 0.5) is 0 Å². The molecule has 0 saturated carbocycles. The predicted octanol–water partition coefficient (Wildman–Crippen LogP) is 0.252. The Hall–Kier alpha value is -1.95. The molecule has 1 aromatic carbocycles. The van der Waals surface area contributed by atoms with Crippen molar-refractivity contribution in [2.75, 3.05) is 19.6 Å². The Morgan fingerprint density at radius 2 is 2.32 bits per heavy atom. The largest absolute Gasteiger partial charge is 0.336 e. The lowest BCUT2D eigenvalue weighted by atomic mass is 10.2. The van der Waals surface area contributed by atoms with Crippen LogP contribution in [0, 0.1) is 0 Å². The highest BCUT2D eigenvalue weighted by Gasteiger charge is 2.23. The maximum absolute atomic E-state index is 12.3. The van der Waals surface area contributed by atoms with E-state index >= 15 is 0 Å². The standard InChI is InChI=1S/C13H17N5O/c1-10-8-14-6-7-17(10)13(19)9-18-12-5-3-2-4-11(12)15-16-18/h2-5,10,14H,6-9H2,1H3/t10-/m1/s1. The molecule has 1 N–H and O–H groups in total. The minimum atomic E-state index is 0.102. The van der Waals surface area contributed by atoms with E-state index in [-0.39, 0.29) is 18.5 Å². The molecule has 1 aromatic heterocycles. The number of nitrogens with one attached hydrogen (secondary N) is 1. The highest BCUT2D eigenvalue weighted by Crippen LogP contribution is 2.11. The molecule has 6 heteroatoms. The number of hydrogen-bond acceptors (Lipinski definition) is 4. The number of rotatable bonds is 2. The molecule has 19 heavy (non-hydrogen) atoms. The fourth-order valence-electron chi connectivity index (χ4n) is 2.46. The van der Waals surface area contributed by atoms with Crippen molar-refractivity contribution in [2.45, 2.75) is 19.5 Å². The molecule has 6 nitrogen and oxygen atoms in total. The summed E-state index contributed by atoms with van der Waals surface area (Å²) in [5.74, 6) is 0.102. The zero-order valence-corrected chi connectivity index (χ0v) is 10.9. The molecular weight excluding hydrogens is 242 g/mol. The van der Waals surface area contributed by atoms with Crippen molar-refractivity contribution < 1.29 is 4.79 Å². The first-order valence-electron chi connectivity index (χ1n) is 6.54. The molecule has 0 bridgehead atoms. The molecule has 2 aromatic rings. The smallest absolute Gasteiger partial charge is 0.244 e. The van der Waals surface area contributed by atoms with Crippen LogP contribution in [0.2, 0.25) is 0 Å². The minimum absolute atomic E-state index is 0.102. The number of fused-ring (bicyclic) bond motifs is 1. The van der Waals surface area contributed by atoms with Crippen LogP contribution in [-0.4, -0.2) is 51.5 Å². The van der Waals surface area contributed by atoms with Crippen LogP contribution in [0.15, 0.2) is 24.3 Å². The molecule has 100 valence electrons. The van der Waals surface area contributed by atoms with Gasteiger partial charge in [-0.3, -0.25) is 4.79 Å². The summed E-state index contributed by atoms with van der Waals surface area (Å²) in [5.41, 5.74) is 1.72. The number of amides is 1. The topological polar surface area (TPSA) is 63.1 Å². The molecule has 0 spiro atoms. The summed E-state index contributed by atoms with van der Waals surface area (Å²) >= 11 is 0. The third-order valence-electron chi connectivity index (χ3n) is 3.53. The van der Waals surface area contributed by atoms with Gasteiger partial charge in [0.1, 0.15) is 12.1 Å². The van der Waals surface area contributed by atoms with Crippen LogP contribution in [0.5, 0.6) is 0 Å². The zero-order valence-electron chi connectivity index (χ0n) is 10.9. The molecule has 1 amide bonds. The molecule has 0 unspecified atom stereocenters. The number of piperazine rings is 1. The monoisotopic (exact) mass is 259 g/mol. The van der Waals surface area contributed by atoms with Gasteiger partial charge in [0.25, 0.3) is 0 Å². The van der Waals surface area contributed by atoms with E-state index < -0.39 is 0 Å². The number of hydrogen-bond donors (Lipinski definition) is 1. The lowest BCUT2D eigenvalue weighted by Gasteiger charge is -2.33. The van der Waals surface area contributed by atoms with E-state index in [2.05, 4.69) is 22.6 Å². The Bertz CT molecular complexity index is 593. The minimum Gasteiger partial charge on any atom is -0.336 e. The summed E-state index contributed by atoms with van der Waals surface area (Å²) in [5, 5.41) is 11.4. The average Bonchev–Trinajstić information content (AvgIpc) is 2.83.